The van der Waals surface area contributed by atoms with Gasteiger partial charge in [0.05, 0.1) is 36.0 Å². The normalized spacial score (nSPS) is 22.2. The highest BCUT2D eigenvalue weighted by atomic mass is 35.5. The Hall–Kier alpha value is -3.87. The van der Waals surface area contributed by atoms with Crippen molar-refractivity contribution in [2.24, 2.45) is 0 Å². The molecule has 3 aromatic carbocycles. The molecule has 3 heterocycles. The van der Waals surface area contributed by atoms with E-state index in [9.17, 15) is 15.2 Å². The number of halogens is 1. The molecule has 192 valence electrons. The Morgan fingerprint density at radius 2 is 1.82 bits per heavy atom. The number of aliphatic hydroxyl groups excluding tert-OH is 1. The molecule has 38 heavy (non-hydrogen) atoms. The molecule has 9 heteroatoms. The topological polar surface area (TPSA) is 106 Å². The van der Waals surface area contributed by atoms with E-state index in [-0.39, 0.29) is 29.9 Å². The minimum Gasteiger partial charge on any atom is -0.484 e. The molecule has 0 spiro atoms. The largest absolute Gasteiger partial charge is 0.484 e. The predicted molar refractivity (Wildman–Crippen MR) is 143 cm³/mol. The van der Waals surface area contributed by atoms with E-state index >= 15 is 0 Å². The number of aromatic nitrogens is 1. The average Bonchev–Trinajstić information content (AvgIpc) is 3.51. The van der Waals surface area contributed by atoms with Crippen LogP contribution in [0, 0.1) is 11.3 Å². The summed E-state index contributed by atoms with van der Waals surface area (Å²) in [7, 11) is 0. The van der Waals surface area contributed by atoms with Crippen LogP contribution in [-0.2, 0) is 16.0 Å². The molecule has 2 saturated heterocycles. The van der Waals surface area contributed by atoms with Gasteiger partial charge in [-0.05, 0) is 29.8 Å². The fraction of sp³-hybridized carbons (Fsp3) is 0.241. The lowest BCUT2D eigenvalue weighted by Crippen LogP contribution is -2.34. The summed E-state index contributed by atoms with van der Waals surface area (Å²) in [6, 6.07) is 24.4. The van der Waals surface area contributed by atoms with Crippen molar-refractivity contribution >= 4 is 33.9 Å². The zero-order valence-electron chi connectivity index (χ0n) is 20.2. The van der Waals surface area contributed by atoms with E-state index in [1.165, 1.54) is 0 Å². The maximum atomic E-state index is 13.5. The van der Waals surface area contributed by atoms with Gasteiger partial charge in [-0.25, -0.2) is 0 Å². The maximum Gasteiger partial charge on any atom is 0.271 e. The van der Waals surface area contributed by atoms with Crippen LogP contribution in [0.15, 0.2) is 77.6 Å². The number of para-hydroxylation sites is 1. The zero-order valence-corrected chi connectivity index (χ0v) is 21.0. The van der Waals surface area contributed by atoms with Gasteiger partial charge in [0.15, 0.2) is 6.10 Å². The second-order valence-corrected chi connectivity index (χ2v) is 9.75. The van der Waals surface area contributed by atoms with Crippen LogP contribution in [0.4, 0.5) is 11.4 Å². The summed E-state index contributed by atoms with van der Waals surface area (Å²) >= 11 is 6.56. The number of anilines is 2. The number of fused-ring (bicyclic) bond motifs is 2. The number of pyridine rings is 1. The van der Waals surface area contributed by atoms with Gasteiger partial charge in [0.1, 0.15) is 35.7 Å². The number of nitriles is 1. The highest BCUT2D eigenvalue weighted by molar-refractivity contribution is 6.32. The molecule has 0 aliphatic carbocycles. The summed E-state index contributed by atoms with van der Waals surface area (Å²) in [5.74, 6) is 0.445. The SMILES string of the molecule is N#Cc1c(Nc2ccc(OC3CO[C@H]4[C@@H]3OC[C@@H]4O)c(Cl)c2)c2ccccc2n(Cc2ccccc2)c1=O. The van der Waals surface area contributed by atoms with Crippen molar-refractivity contribution in [1.29, 1.82) is 5.26 Å². The molecule has 2 aliphatic rings. The quantitative estimate of drug-likeness (QED) is 0.385. The second-order valence-electron chi connectivity index (χ2n) is 9.35. The Labute approximate surface area is 223 Å². The van der Waals surface area contributed by atoms with Crippen LogP contribution < -0.4 is 15.6 Å². The van der Waals surface area contributed by atoms with Crippen LogP contribution in [0.2, 0.25) is 5.02 Å². The number of hydrogen-bond donors (Lipinski definition) is 2. The Morgan fingerprint density at radius 3 is 2.61 bits per heavy atom. The molecule has 1 unspecified atom stereocenters. The van der Waals surface area contributed by atoms with Gasteiger partial charge in [-0.2, -0.15) is 5.26 Å². The summed E-state index contributed by atoms with van der Waals surface area (Å²) in [5.41, 5.74) is 2.33. The third-order valence-corrected chi connectivity index (χ3v) is 7.23. The Bertz CT molecular complexity index is 1600. The van der Waals surface area contributed by atoms with E-state index in [1.54, 1.807) is 22.8 Å². The highest BCUT2D eigenvalue weighted by Crippen LogP contribution is 2.35. The Balaban J connectivity index is 1.31. The van der Waals surface area contributed by atoms with Gasteiger partial charge < -0.3 is 29.2 Å². The van der Waals surface area contributed by atoms with Gasteiger partial charge in [0, 0.05) is 11.1 Å². The zero-order chi connectivity index (χ0) is 26.2. The van der Waals surface area contributed by atoms with Gasteiger partial charge >= 0.3 is 0 Å². The summed E-state index contributed by atoms with van der Waals surface area (Å²) in [6.45, 7) is 0.852. The first-order valence-electron chi connectivity index (χ1n) is 12.3. The van der Waals surface area contributed by atoms with Crippen LogP contribution in [0.3, 0.4) is 0 Å². The van der Waals surface area contributed by atoms with Crippen LogP contribution in [0.5, 0.6) is 5.75 Å². The number of ether oxygens (including phenoxy) is 3. The first-order chi connectivity index (χ1) is 18.5. The van der Waals surface area contributed by atoms with Gasteiger partial charge in [-0.15, -0.1) is 0 Å². The van der Waals surface area contributed by atoms with Crippen LogP contribution >= 0.6 is 11.6 Å². The van der Waals surface area contributed by atoms with Crippen molar-refractivity contribution in [3.63, 3.8) is 0 Å². The number of nitrogens with one attached hydrogen (secondary N) is 1. The van der Waals surface area contributed by atoms with E-state index < -0.39 is 12.2 Å². The molecule has 2 aliphatic heterocycles. The molecule has 2 fully saturated rings. The monoisotopic (exact) mass is 529 g/mol. The van der Waals surface area contributed by atoms with Gasteiger partial charge in [-0.1, -0.05) is 60.1 Å². The fourth-order valence-electron chi connectivity index (χ4n) is 5.09. The molecule has 0 saturated carbocycles. The molecule has 0 amide bonds. The maximum absolute atomic E-state index is 13.5. The molecule has 2 N–H and O–H groups in total. The molecule has 6 rings (SSSR count). The number of benzene rings is 3. The standard InChI is InChI=1S/C29H24ClN3O5/c30-21-12-18(10-11-24(21)38-25-16-37-27-23(34)15-36-28(25)27)32-26-19-8-4-5-9-22(19)33(29(35)20(26)13-31)14-17-6-2-1-3-7-17/h1-12,23,25,27-28,32,34H,14-16H2/t23-,25?,27+,28+/m0/s1. The number of hydrogen-bond acceptors (Lipinski definition) is 7. The van der Waals surface area contributed by atoms with Crippen molar-refractivity contribution in [1.82, 2.24) is 4.57 Å². The molecule has 1 aromatic heterocycles. The number of rotatable bonds is 6. The average molecular weight is 530 g/mol. The molecular formula is C29H24ClN3O5. The van der Waals surface area contributed by atoms with Crippen molar-refractivity contribution in [2.45, 2.75) is 31.0 Å². The highest BCUT2D eigenvalue weighted by Gasteiger charge is 2.48. The second kappa shape index (κ2) is 10.1. The van der Waals surface area contributed by atoms with Gasteiger partial charge in [-0.3, -0.25) is 4.79 Å². The molecule has 0 bridgehead atoms. The van der Waals surface area contributed by atoms with Crippen LogP contribution in [-0.4, -0.2) is 47.3 Å². The van der Waals surface area contributed by atoms with Gasteiger partial charge in [0.2, 0.25) is 0 Å². The lowest BCUT2D eigenvalue weighted by atomic mass is 10.1. The summed E-state index contributed by atoms with van der Waals surface area (Å²) in [4.78, 5) is 13.5. The minimum atomic E-state index is -0.664. The lowest BCUT2D eigenvalue weighted by Gasteiger charge is -2.20. The van der Waals surface area contributed by atoms with Crippen molar-refractivity contribution in [2.75, 3.05) is 18.5 Å². The van der Waals surface area contributed by atoms with E-state index in [4.69, 9.17) is 25.8 Å². The Kier molecular flexibility index (Phi) is 6.52. The minimum absolute atomic E-state index is 0.0159. The van der Waals surface area contributed by atoms with Crippen LogP contribution in [0.1, 0.15) is 11.1 Å². The van der Waals surface area contributed by atoms with E-state index in [1.807, 2.05) is 54.6 Å². The predicted octanol–water partition coefficient (Wildman–Crippen LogP) is 4.22. The smallest absolute Gasteiger partial charge is 0.271 e. The fourth-order valence-corrected chi connectivity index (χ4v) is 5.31. The number of aliphatic hydroxyl groups is 1. The molecular weight excluding hydrogens is 506 g/mol. The Morgan fingerprint density at radius 1 is 1.05 bits per heavy atom. The van der Waals surface area contributed by atoms with Crippen molar-refractivity contribution < 1.29 is 19.3 Å². The van der Waals surface area contributed by atoms with Crippen molar-refractivity contribution in [3.05, 3.63) is 99.3 Å². The van der Waals surface area contributed by atoms with E-state index in [0.717, 1.165) is 10.9 Å². The lowest BCUT2D eigenvalue weighted by molar-refractivity contribution is 0.00865. The van der Waals surface area contributed by atoms with Crippen LogP contribution in [0.25, 0.3) is 10.9 Å². The summed E-state index contributed by atoms with van der Waals surface area (Å²) in [5, 5.41) is 24.3. The molecule has 4 atom stereocenters. The first-order valence-corrected chi connectivity index (χ1v) is 12.7. The third-order valence-electron chi connectivity index (χ3n) is 6.93. The van der Waals surface area contributed by atoms with Gasteiger partial charge in [0.25, 0.3) is 5.56 Å². The molecule has 4 aromatic rings. The molecule has 0 radical (unpaired) electrons. The summed E-state index contributed by atoms with van der Waals surface area (Å²) in [6.07, 6.45) is -1.81. The molecule has 8 nitrogen and oxygen atoms in total. The van der Waals surface area contributed by atoms with E-state index in [2.05, 4.69) is 11.4 Å². The van der Waals surface area contributed by atoms with E-state index in [0.29, 0.717) is 40.8 Å². The number of nitrogens with zero attached hydrogens (tertiary/aromatic N) is 2. The third kappa shape index (κ3) is 4.40. The first kappa shape index (κ1) is 24.5. The van der Waals surface area contributed by atoms with Crippen molar-refractivity contribution in [3.8, 4) is 11.8 Å². The summed E-state index contributed by atoms with van der Waals surface area (Å²) < 4.78 is 18.9.